The monoisotopic (exact) mass is 928 g/mol. The van der Waals surface area contributed by atoms with Crippen molar-refractivity contribution in [1.82, 2.24) is 13.9 Å². The average Bonchev–Trinajstić information content (AvgIpc) is 3.75. The minimum absolute atomic E-state index is 0.0272. The van der Waals surface area contributed by atoms with E-state index in [0.29, 0.717) is 18.6 Å². The molecule has 2 fully saturated rings. The molecule has 4 aromatic rings. The number of ether oxygens (including phenoxy) is 1. The Kier molecular flexibility index (Phi) is 13.0. The lowest BCUT2D eigenvalue weighted by Gasteiger charge is -2.39. The second-order valence-electron chi connectivity index (χ2n) is 17.9. The van der Waals surface area contributed by atoms with E-state index in [9.17, 15) is 31.7 Å². The number of sulfonamides is 2. The van der Waals surface area contributed by atoms with Crippen molar-refractivity contribution in [2.45, 2.75) is 63.3 Å². The van der Waals surface area contributed by atoms with E-state index >= 15 is 0 Å². The summed E-state index contributed by atoms with van der Waals surface area (Å²) in [5.41, 5.74) is 6.63. The molecular weight excluding hydrogens is 876 g/mol. The van der Waals surface area contributed by atoms with Gasteiger partial charge >= 0.3 is 0 Å². The van der Waals surface area contributed by atoms with Gasteiger partial charge in [-0.1, -0.05) is 67.4 Å². The highest BCUT2D eigenvalue weighted by molar-refractivity contribution is 7.90. The molecule has 0 bridgehead atoms. The molecule has 4 aromatic carbocycles. The minimum Gasteiger partial charge on any atom is -0.456 e. The van der Waals surface area contributed by atoms with Crippen molar-refractivity contribution in [3.8, 4) is 11.5 Å². The van der Waals surface area contributed by atoms with E-state index in [1.165, 1.54) is 33.1 Å². The lowest BCUT2D eigenvalue weighted by atomic mass is 9.72. The van der Waals surface area contributed by atoms with Crippen molar-refractivity contribution in [2.75, 3.05) is 62.3 Å². The average molecular weight is 930 g/mol. The topological polar surface area (TPSA) is 172 Å². The zero-order valence-corrected chi connectivity index (χ0v) is 38.6. The Bertz CT molecular complexity index is 2740. The summed E-state index contributed by atoms with van der Waals surface area (Å²) >= 11 is 6.24. The molecule has 2 aliphatic heterocycles. The molecule has 17 heteroatoms. The molecule has 4 aliphatic rings. The van der Waals surface area contributed by atoms with Gasteiger partial charge in [0.1, 0.15) is 17.2 Å². The number of allylic oxidation sites excluding steroid dienone is 2. The van der Waals surface area contributed by atoms with Crippen LogP contribution in [0.25, 0.3) is 11.6 Å². The molecule has 0 aromatic heterocycles. The fourth-order valence-corrected chi connectivity index (χ4v) is 11.1. The number of piperidine rings is 1. The zero-order chi connectivity index (χ0) is 45.4. The summed E-state index contributed by atoms with van der Waals surface area (Å²) in [7, 11) is -7.98. The van der Waals surface area contributed by atoms with Crippen molar-refractivity contribution >= 4 is 66.3 Å². The predicted octanol–water partition coefficient (Wildman–Crippen LogP) is 8.35. The molecule has 2 aliphatic carbocycles. The molecule has 0 unspecified atom stereocenters. The highest BCUT2D eigenvalue weighted by Crippen LogP contribution is 2.44. The van der Waals surface area contributed by atoms with Gasteiger partial charge in [0.25, 0.3) is 21.6 Å². The van der Waals surface area contributed by atoms with Crippen LogP contribution in [0.5, 0.6) is 11.5 Å². The number of nitrogens with one attached hydrogen (secondary N) is 2. The minimum atomic E-state index is -4.61. The Morgan fingerprint density at radius 3 is 2.36 bits per heavy atom. The molecule has 0 radical (unpaired) electrons. The van der Waals surface area contributed by atoms with Crippen LogP contribution < -0.4 is 19.7 Å². The molecular formula is C47H53ClN6O8S2. The molecule has 338 valence electrons. The maximum Gasteiger partial charge on any atom is 0.293 e. The second kappa shape index (κ2) is 18.3. The van der Waals surface area contributed by atoms with Gasteiger partial charge in [-0.3, -0.25) is 19.8 Å². The van der Waals surface area contributed by atoms with Gasteiger partial charge in [-0.25, -0.2) is 25.9 Å². The van der Waals surface area contributed by atoms with Crippen molar-refractivity contribution in [2.24, 2.45) is 5.41 Å². The van der Waals surface area contributed by atoms with Gasteiger partial charge in [-0.2, -0.15) is 0 Å². The number of anilines is 2. The third-order valence-electron chi connectivity index (χ3n) is 12.7. The highest BCUT2D eigenvalue weighted by Gasteiger charge is 2.32. The van der Waals surface area contributed by atoms with Crippen molar-refractivity contribution < 1.29 is 31.3 Å². The third kappa shape index (κ3) is 10.3. The zero-order valence-electron chi connectivity index (χ0n) is 36.2. The second-order valence-corrected chi connectivity index (χ2v) is 22.0. The predicted molar refractivity (Wildman–Crippen MR) is 251 cm³/mol. The van der Waals surface area contributed by atoms with E-state index in [2.05, 4.69) is 45.8 Å². The fourth-order valence-electron chi connectivity index (χ4n) is 9.08. The van der Waals surface area contributed by atoms with Crippen LogP contribution >= 0.6 is 11.6 Å². The number of hydrogen-bond acceptors (Lipinski definition) is 11. The van der Waals surface area contributed by atoms with Gasteiger partial charge in [0.05, 0.1) is 21.6 Å². The number of carbonyl (C=O) groups is 1. The number of amides is 1. The molecule has 8 rings (SSSR count). The first kappa shape index (κ1) is 45.3. The lowest BCUT2D eigenvalue weighted by Crippen LogP contribution is -2.47. The molecule has 14 nitrogen and oxygen atoms in total. The number of nitro groups is 1. The van der Waals surface area contributed by atoms with Gasteiger partial charge in [-0.15, -0.1) is 0 Å². The summed E-state index contributed by atoms with van der Waals surface area (Å²) in [4.78, 5) is 29.8. The van der Waals surface area contributed by atoms with Crippen LogP contribution in [0.1, 0.15) is 73.0 Å². The van der Waals surface area contributed by atoms with E-state index in [4.69, 9.17) is 16.3 Å². The van der Waals surface area contributed by atoms with E-state index in [-0.39, 0.29) is 41.5 Å². The number of benzene rings is 4. The van der Waals surface area contributed by atoms with Crippen molar-refractivity contribution in [3.05, 3.63) is 128 Å². The number of nitro benzene ring substituents is 1. The molecule has 64 heavy (non-hydrogen) atoms. The van der Waals surface area contributed by atoms with Crippen molar-refractivity contribution in [3.63, 3.8) is 0 Å². The summed E-state index contributed by atoms with van der Waals surface area (Å²) in [5, 5.41) is 16.0. The van der Waals surface area contributed by atoms with Gasteiger partial charge in [0.2, 0.25) is 10.0 Å². The number of carbonyl (C=O) groups excluding carboxylic acids is 1. The Morgan fingerprint density at radius 1 is 0.922 bits per heavy atom. The number of nitrogens with zero attached hydrogens (tertiary/aromatic N) is 4. The van der Waals surface area contributed by atoms with Crippen LogP contribution in [0, 0.1) is 15.5 Å². The largest absolute Gasteiger partial charge is 0.456 e. The number of fused-ring (bicyclic) bond motifs is 1. The molecule has 0 atom stereocenters. The van der Waals surface area contributed by atoms with E-state index in [1.807, 2.05) is 42.5 Å². The van der Waals surface area contributed by atoms with Crippen LogP contribution in [0.2, 0.25) is 5.02 Å². The summed E-state index contributed by atoms with van der Waals surface area (Å²) in [6, 6.07) is 22.1. The normalized spacial score (nSPS) is 18.5. The van der Waals surface area contributed by atoms with Crippen LogP contribution in [0.3, 0.4) is 0 Å². The summed E-state index contributed by atoms with van der Waals surface area (Å²) in [5.74, 6) is -0.278. The smallest absolute Gasteiger partial charge is 0.293 e. The van der Waals surface area contributed by atoms with Crippen molar-refractivity contribution in [1.29, 1.82) is 0 Å². The molecule has 1 amide bonds. The fraction of sp³-hybridized carbons (Fsp3) is 0.383. The molecule has 2 heterocycles. The van der Waals surface area contributed by atoms with E-state index in [1.54, 1.807) is 18.2 Å². The van der Waals surface area contributed by atoms with Gasteiger partial charge in [0.15, 0.2) is 0 Å². The molecule has 2 saturated heterocycles. The Balaban J connectivity index is 1.00. The van der Waals surface area contributed by atoms with E-state index < -0.39 is 41.5 Å². The van der Waals surface area contributed by atoms with Crippen LogP contribution in [0.4, 0.5) is 17.1 Å². The van der Waals surface area contributed by atoms with Gasteiger partial charge in [0, 0.05) is 80.3 Å². The first-order valence-corrected chi connectivity index (χ1v) is 25.3. The maximum atomic E-state index is 14.0. The first-order valence-electron chi connectivity index (χ1n) is 21.5. The molecule has 2 N–H and O–H groups in total. The van der Waals surface area contributed by atoms with Gasteiger partial charge < -0.3 is 15.0 Å². The van der Waals surface area contributed by atoms with Crippen LogP contribution in [-0.4, -0.2) is 95.0 Å². The molecule has 0 spiro atoms. The standard InChI is InChI=1S/C47H53ClN6O8S2/c1-47(2)21-18-34(41(30-47)33-10-12-35(48)13-11-33)31-51-24-26-52(27-25-51)37-14-16-40(45(28-37)62-44-9-5-7-32-6-4-8-39(32)44)46(55)50-64(60,61)38-15-17-42(43(29-38)54(56)57)49-36-19-22-53(23-20-36)63(3,58)59/h4-5,7-17,28-29,36,49H,6,18-27,30-31H2,1-3H3,(H,50,55). The Hall–Kier alpha value is -5.26. The number of rotatable bonds is 13. The summed E-state index contributed by atoms with van der Waals surface area (Å²) < 4.78 is 61.4. The number of piperazine rings is 1. The summed E-state index contributed by atoms with van der Waals surface area (Å²) in [6.45, 7) is 9.12. The number of halogens is 1. The Morgan fingerprint density at radius 2 is 1.66 bits per heavy atom. The summed E-state index contributed by atoms with van der Waals surface area (Å²) in [6.07, 6.45) is 9.86. The third-order valence-corrected chi connectivity index (χ3v) is 15.6. The number of hydrogen-bond donors (Lipinski definition) is 2. The van der Waals surface area contributed by atoms with Crippen LogP contribution in [-0.2, 0) is 26.5 Å². The maximum absolute atomic E-state index is 14.0. The van der Waals surface area contributed by atoms with Crippen LogP contribution in [0.15, 0.2) is 95.4 Å². The Labute approximate surface area is 380 Å². The first-order chi connectivity index (χ1) is 30.4. The molecule has 0 saturated carbocycles. The van der Waals surface area contributed by atoms with E-state index in [0.717, 1.165) is 92.6 Å². The van der Waals surface area contributed by atoms with Gasteiger partial charge in [-0.05, 0) is 103 Å². The lowest BCUT2D eigenvalue weighted by molar-refractivity contribution is -0.384. The highest BCUT2D eigenvalue weighted by atomic mass is 35.5. The quantitative estimate of drug-likeness (QED) is 0.0976. The SMILES string of the molecule is CC1(C)CCC(CN2CCN(c3ccc(C(=O)NS(=O)(=O)c4ccc(NC5CCN(S(C)(=O)=O)CC5)c([N+](=O)[O-])c4)c(Oc4cccc5c4C=CC5)c3)CC2)=C(c2ccc(Cl)cc2)C1.